The van der Waals surface area contributed by atoms with Gasteiger partial charge in [-0.3, -0.25) is 39.0 Å². The van der Waals surface area contributed by atoms with Crippen LogP contribution >= 0.6 is 0 Å². The number of nitrogens with zero attached hydrogens (tertiary/aromatic N) is 2. The Bertz CT molecular complexity index is 3060. The fraction of sp³-hybridized carbons (Fsp3) is 0.438. The first-order valence-corrected chi connectivity index (χ1v) is 27.9. The summed E-state index contributed by atoms with van der Waals surface area (Å²) in [6, 6.07) is 24.8. The zero-order valence-corrected chi connectivity index (χ0v) is 49.8. The van der Waals surface area contributed by atoms with Crippen LogP contribution in [-0.2, 0) is 56.9 Å². The highest BCUT2D eigenvalue weighted by Crippen LogP contribution is 2.31. The maximum atomic E-state index is 14.1. The molecule has 1 heterocycles. The van der Waals surface area contributed by atoms with Crippen LogP contribution < -0.4 is 36.8 Å². The predicted octanol–water partition coefficient (Wildman–Crippen LogP) is 7.97. The number of carbonyl (C=O) groups excluding carboxylic acids is 6. The van der Waals surface area contributed by atoms with Crippen molar-refractivity contribution in [2.24, 2.45) is 17.3 Å². The van der Waals surface area contributed by atoms with Gasteiger partial charge in [0.2, 0.25) is 29.5 Å². The fourth-order valence-corrected chi connectivity index (χ4v) is 9.68. The highest BCUT2D eigenvalue weighted by molar-refractivity contribution is 6.00. The largest absolute Gasteiger partial charge is 0.481 e. The van der Waals surface area contributed by atoms with Crippen LogP contribution in [0.15, 0.2) is 109 Å². The number of benzene rings is 4. The van der Waals surface area contributed by atoms with Crippen molar-refractivity contribution < 1.29 is 53.3 Å². The smallest absolute Gasteiger partial charge is 0.411 e. The van der Waals surface area contributed by atoms with Crippen molar-refractivity contribution in [3.8, 4) is 11.8 Å². The van der Waals surface area contributed by atoms with E-state index in [-0.39, 0.29) is 73.2 Å². The summed E-state index contributed by atoms with van der Waals surface area (Å²) in [6.07, 6.45) is -0.0718. The lowest BCUT2D eigenvalue weighted by Crippen LogP contribution is -2.59. The minimum atomic E-state index is -1.30. The third-order valence-corrected chi connectivity index (χ3v) is 14.8. The average Bonchev–Trinajstić information content (AvgIpc) is 3.41. The highest BCUT2D eigenvalue weighted by Gasteiger charge is 2.39. The first-order valence-electron chi connectivity index (χ1n) is 27.9. The lowest BCUT2D eigenvalue weighted by Gasteiger charge is -2.40. The van der Waals surface area contributed by atoms with Crippen LogP contribution in [0.5, 0.6) is 0 Å². The van der Waals surface area contributed by atoms with Crippen LogP contribution in [0, 0.1) is 29.1 Å². The number of carboxylic acids is 2. The van der Waals surface area contributed by atoms with Gasteiger partial charge in [-0.2, -0.15) is 0 Å². The van der Waals surface area contributed by atoms with E-state index in [9.17, 15) is 48.6 Å². The van der Waals surface area contributed by atoms with Gasteiger partial charge in [-0.25, -0.2) is 9.59 Å². The Morgan fingerprint density at radius 3 is 1.92 bits per heavy atom. The molecule has 1 aliphatic heterocycles. The van der Waals surface area contributed by atoms with Crippen LogP contribution in [0.2, 0.25) is 0 Å². The number of fused-ring (bicyclic) bond motifs is 2. The molecule has 6 amide bonds. The van der Waals surface area contributed by atoms with Crippen LogP contribution in [0.1, 0.15) is 123 Å². The zero-order chi connectivity index (χ0) is 61.3. The summed E-state index contributed by atoms with van der Waals surface area (Å²) in [4.78, 5) is 109. The quantitative estimate of drug-likeness (QED) is 0.0219. The van der Waals surface area contributed by atoms with E-state index in [1.54, 1.807) is 81.3 Å². The first kappa shape index (κ1) is 65.5. The number of aliphatic carboxylic acids is 2. The van der Waals surface area contributed by atoms with Crippen molar-refractivity contribution in [2.45, 2.75) is 144 Å². The van der Waals surface area contributed by atoms with E-state index >= 15 is 0 Å². The predicted molar refractivity (Wildman–Crippen MR) is 320 cm³/mol. The minimum absolute atomic E-state index is 0.119. The lowest BCUT2D eigenvalue weighted by atomic mass is 9.76. The average molecular weight is 1140 g/mol. The maximum Gasteiger partial charge on any atom is 0.411 e. The third kappa shape index (κ3) is 18.8. The number of ether oxygens (including phenoxy) is 1. The first-order chi connectivity index (χ1) is 39.1. The van der Waals surface area contributed by atoms with Gasteiger partial charge in [0.05, 0.1) is 18.3 Å². The van der Waals surface area contributed by atoms with Crippen LogP contribution in [0.25, 0.3) is 0 Å². The van der Waals surface area contributed by atoms with Gasteiger partial charge in [0, 0.05) is 71.4 Å². The van der Waals surface area contributed by atoms with E-state index in [0.29, 0.717) is 34.7 Å². The molecule has 0 aliphatic carbocycles. The molecule has 5 rings (SSSR count). The molecule has 0 bridgehead atoms. The van der Waals surface area contributed by atoms with Crippen molar-refractivity contribution >= 4 is 64.6 Å². The number of amides is 6. The molecule has 0 fully saturated rings. The molecule has 0 saturated heterocycles. The van der Waals surface area contributed by atoms with E-state index in [0.717, 1.165) is 16.7 Å². The van der Waals surface area contributed by atoms with E-state index in [1.807, 2.05) is 89.3 Å². The van der Waals surface area contributed by atoms with E-state index in [4.69, 9.17) is 4.74 Å². The highest BCUT2D eigenvalue weighted by atomic mass is 16.5. The summed E-state index contributed by atoms with van der Waals surface area (Å²) in [5, 5.41) is 36.3. The molecule has 1 aliphatic rings. The summed E-state index contributed by atoms with van der Waals surface area (Å²) >= 11 is 0. The Balaban J connectivity index is 1.13. The van der Waals surface area contributed by atoms with Crippen molar-refractivity contribution in [3.05, 3.63) is 137 Å². The van der Waals surface area contributed by atoms with Crippen molar-refractivity contribution in [3.63, 3.8) is 0 Å². The number of anilines is 3. The second-order valence-electron chi connectivity index (χ2n) is 23.4. The molecule has 0 radical (unpaired) electrons. The fourth-order valence-electron chi connectivity index (χ4n) is 9.68. The maximum absolute atomic E-state index is 14.1. The van der Waals surface area contributed by atoms with E-state index < -0.39 is 71.6 Å². The number of para-hydroxylation sites is 1. The molecule has 19 heteroatoms. The van der Waals surface area contributed by atoms with Crippen molar-refractivity contribution in [1.82, 2.24) is 26.2 Å². The normalized spacial score (nSPS) is 14.2. The summed E-state index contributed by atoms with van der Waals surface area (Å²) in [5.74, 6) is 1.35. The molecule has 4 aromatic rings. The SMILES string of the molecule is CN[C@H](C(=O)N[C@H](CN(C)[C@H](/C=C(\C)C(=O)O)C(C)C)C(C)(C)C)C(C)(C)c1ccc(NC(=O)OCc2ccc(NC(=O)[C@H](CCC(=O)O)NC(=O)[C@@H](NC(=O)CCC(=O)N3Cc4ccccc4C#Cc4ccccc43)C(C)C)cc2)cc1. The summed E-state index contributed by atoms with van der Waals surface area (Å²) in [6.45, 7) is 19.7. The van der Waals surface area contributed by atoms with Gasteiger partial charge in [0.25, 0.3) is 0 Å². The minimum Gasteiger partial charge on any atom is -0.481 e. The Kier molecular flexibility index (Phi) is 23.3. The number of rotatable bonds is 26. The number of nitrogens with one attached hydrogen (secondary N) is 6. The van der Waals surface area contributed by atoms with E-state index in [2.05, 4.69) is 69.4 Å². The number of hydrogen-bond donors (Lipinski definition) is 8. The number of likely N-dealkylation sites (N-methyl/N-ethyl adjacent to an activating group) is 2. The molecule has 444 valence electrons. The molecular formula is C64H82N8O11. The van der Waals surface area contributed by atoms with Crippen molar-refractivity contribution in [2.75, 3.05) is 36.2 Å². The Morgan fingerprint density at radius 1 is 0.711 bits per heavy atom. The molecule has 0 saturated carbocycles. The van der Waals surface area contributed by atoms with Gasteiger partial charge in [0.15, 0.2) is 0 Å². The van der Waals surface area contributed by atoms with Gasteiger partial charge < -0.3 is 46.4 Å². The molecular weight excluding hydrogens is 1060 g/mol. The Labute approximate surface area is 487 Å². The second kappa shape index (κ2) is 29.6. The van der Waals surface area contributed by atoms with Gasteiger partial charge in [-0.05, 0) is 104 Å². The molecule has 19 nitrogen and oxygen atoms in total. The van der Waals surface area contributed by atoms with Gasteiger partial charge >= 0.3 is 18.0 Å². The molecule has 0 aromatic heterocycles. The monoisotopic (exact) mass is 1140 g/mol. The van der Waals surface area contributed by atoms with Crippen LogP contribution in [0.3, 0.4) is 0 Å². The van der Waals surface area contributed by atoms with Crippen LogP contribution in [0.4, 0.5) is 21.9 Å². The van der Waals surface area contributed by atoms with Gasteiger partial charge in [-0.1, -0.05) is 135 Å². The summed E-state index contributed by atoms with van der Waals surface area (Å²) in [7, 11) is 3.66. The summed E-state index contributed by atoms with van der Waals surface area (Å²) < 4.78 is 5.49. The molecule has 8 N–H and O–H groups in total. The Morgan fingerprint density at radius 2 is 1.31 bits per heavy atom. The molecule has 5 atom stereocenters. The standard InChI is InChI=1S/C64H82N8O11/c1-39(2)51(35-41(5)61(80)81)71(12)37-52(63(6,7)8)69-60(79)57(65-11)64(9,10)46-25-29-48(30-26-46)67-62(82)83-38-42-21-27-47(28-22-42)66-58(77)49(31-34-55(75)76)68-59(78)56(40(3)4)70-53(73)32-33-54(74)72-36-45-19-14-13-17-43(45)23-24-44-18-15-16-20-50(44)72/h13-22,25-30,35,39-40,49,51-52,56-57,65H,31-34,36-38H2,1-12H3,(H,66,77)(H,67,82)(H,68,78)(H,69,79)(H,70,73)(H,75,76)(H,80,81)/b41-35+/t49-,51+,52+,56-,57+/m0/s1. The molecule has 0 unspecified atom stereocenters. The number of carboxylic acid groups (broad SMARTS) is 2. The molecule has 4 aromatic carbocycles. The molecule has 0 spiro atoms. The van der Waals surface area contributed by atoms with Crippen molar-refractivity contribution in [1.29, 1.82) is 0 Å². The number of hydrogen-bond acceptors (Lipinski definition) is 11. The topological polar surface area (TPSA) is 265 Å². The number of carbonyl (C=O) groups is 8. The van der Waals surface area contributed by atoms with E-state index in [1.165, 1.54) is 0 Å². The zero-order valence-electron chi connectivity index (χ0n) is 49.8. The Hall–Kier alpha value is -8.34. The third-order valence-electron chi connectivity index (χ3n) is 14.8. The van der Waals surface area contributed by atoms with Gasteiger partial charge in [0.1, 0.15) is 18.7 Å². The second-order valence-corrected chi connectivity index (χ2v) is 23.4. The van der Waals surface area contributed by atoms with Gasteiger partial charge in [-0.15, -0.1) is 0 Å². The lowest BCUT2D eigenvalue weighted by molar-refractivity contribution is -0.138. The summed E-state index contributed by atoms with van der Waals surface area (Å²) in [5.41, 5.74) is 4.31. The molecule has 83 heavy (non-hydrogen) atoms. The van der Waals surface area contributed by atoms with Crippen LogP contribution in [-0.4, -0.2) is 114 Å².